The van der Waals surface area contributed by atoms with E-state index >= 15 is 0 Å². The van der Waals surface area contributed by atoms with E-state index in [0.717, 1.165) is 0 Å². The molecule has 0 aliphatic heterocycles. The fourth-order valence-electron chi connectivity index (χ4n) is 2.50. The van der Waals surface area contributed by atoms with Crippen LogP contribution in [0.15, 0.2) is 23.5 Å². The first kappa shape index (κ1) is 14.6. The molecule has 3 rings (SSSR count). The van der Waals surface area contributed by atoms with Gasteiger partial charge in [-0.2, -0.15) is 5.10 Å². The Morgan fingerprint density at radius 3 is 2.86 bits per heavy atom. The number of alkyl halides is 2. The second kappa shape index (κ2) is 5.43. The predicted molar refractivity (Wildman–Crippen MR) is 76.6 cm³/mol. The summed E-state index contributed by atoms with van der Waals surface area (Å²) < 4.78 is 27.6. The van der Waals surface area contributed by atoms with Crippen LogP contribution in [0.25, 0.3) is 5.65 Å². The molecule has 22 heavy (non-hydrogen) atoms. The molecule has 2 heterocycles. The fraction of sp³-hybridized carbons (Fsp3) is 0.429. The lowest BCUT2D eigenvalue weighted by Gasteiger charge is -2.25. The molecular weight excluding hydrogens is 292 g/mol. The molecular formula is C14H15F2N5O. The summed E-state index contributed by atoms with van der Waals surface area (Å²) in [6.45, 7) is 0. The van der Waals surface area contributed by atoms with Crippen LogP contribution in [0, 0.1) is 5.92 Å². The Balaban J connectivity index is 1.78. The van der Waals surface area contributed by atoms with E-state index in [-0.39, 0.29) is 24.3 Å². The molecule has 0 bridgehead atoms. The molecule has 1 amide bonds. The van der Waals surface area contributed by atoms with Gasteiger partial charge in [-0.1, -0.05) is 0 Å². The SMILES string of the molecule is NC(=O)c1cnn2ccc(N=CC3CCC(F)(F)CC3)nc12. The third-order valence-electron chi connectivity index (χ3n) is 3.80. The Hall–Kier alpha value is -2.38. The third-order valence-corrected chi connectivity index (χ3v) is 3.80. The van der Waals surface area contributed by atoms with Crippen LogP contribution in [-0.4, -0.2) is 32.6 Å². The van der Waals surface area contributed by atoms with Gasteiger partial charge in [0.15, 0.2) is 11.5 Å². The molecule has 0 saturated heterocycles. The summed E-state index contributed by atoms with van der Waals surface area (Å²) >= 11 is 0. The highest BCUT2D eigenvalue weighted by Crippen LogP contribution is 2.35. The highest BCUT2D eigenvalue weighted by Gasteiger charge is 2.34. The first-order valence-electron chi connectivity index (χ1n) is 7.01. The van der Waals surface area contributed by atoms with E-state index < -0.39 is 11.8 Å². The Morgan fingerprint density at radius 2 is 2.18 bits per heavy atom. The van der Waals surface area contributed by atoms with E-state index in [1.807, 2.05) is 0 Å². The molecule has 0 atom stereocenters. The molecule has 1 aliphatic carbocycles. The maximum absolute atomic E-state index is 13.1. The van der Waals surface area contributed by atoms with Crippen LogP contribution in [0.3, 0.4) is 0 Å². The van der Waals surface area contributed by atoms with Gasteiger partial charge >= 0.3 is 0 Å². The molecule has 8 heteroatoms. The zero-order chi connectivity index (χ0) is 15.7. The molecule has 2 aromatic rings. The first-order valence-corrected chi connectivity index (χ1v) is 7.01. The number of hydrogen-bond donors (Lipinski definition) is 1. The van der Waals surface area contributed by atoms with Gasteiger partial charge in [-0.05, 0) is 18.8 Å². The molecule has 0 radical (unpaired) electrons. The number of halogens is 2. The number of aliphatic imine (C=N–C) groups is 1. The lowest BCUT2D eigenvalue weighted by molar-refractivity contribution is -0.0390. The van der Waals surface area contributed by atoms with E-state index in [0.29, 0.717) is 24.3 Å². The normalized spacial score (nSPS) is 19.0. The van der Waals surface area contributed by atoms with E-state index in [1.165, 1.54) is 10.7 Å². The number of carbonyl (C=O) groups is 1. The van der Waals surface area contributed by atoms with Gasteiger partial charge in [0.1, 0.15) is 5.56 Å². The number of aromatic nitrogens is 3. The Morgan fingerprint density at radius 1 is 1.45 bits per heavy atom. The van der Waals surface area contributed by atoms with Crippen molar-refractivity contribution in [2.24, 2.45) is 16.6 Å². The minimum Gasteiger partial charge on any atom is -0.365 e. The molecule has 0 aromatic carbocycles. The van der Waals surface area contributed by atoms with Crippen LogP contribution in [-0.2, 0) is 0 Å². The second-order valence-corrected chi connectivity index (χ2v) is 5.45. The third kappa shape index (κ3) is 2.95. The Bertz CT molecular complexity index is 730. The summed E-state index contributed by atoms with van der Waals surface area (Å²) in [5, 5.41) is 3.97. The predicted octanol–water partition coefficient (Wildman–Crippen LogP) is 2.36. The van der Waals surface area contributed by atoms with Crippen molar-refractivity contribution in [2.45, 2.75) is 31.6 Å². The first-order chi connectivity index (χ1) is 10.4. The molecule has 2 N–H and O–H groups in total. The Labute approximate surface area is 125 Å². The van der Waals surface area contributed by atoms with Gasteiger partial charge in [-0.15, -0.1) is 0 Å². The minimum absolute atomic E-state index is 0.0261. The molecule has 1 saturated carbocycles. The average Bonchev–Trinajstić information content (AvgIpc) is 2.89. The summed E-state index contributed by atoms with van der Waals surface area (Å²) in [6.07, 6.45) is 5.25. The van der Waals surface area contributed by atoms with Crippen LogP contribution in [0.4, 0.5) is 14.6 Å². The van der Waals surface area contributed by atoms with Crippen molar-refractivity contribution >= 4 is 23.6 Å². The van der Waals surface area contributed by atoms with Crippen molar-refractivity contribution in [2.75, 3.05) is 0 Å². The number of fused-ring (bicyclic) bond motifs is 1. The summed E-state index contributed by atoms with van der Waals surface area (Å²) in [7, 11) is 0. The van der Waals surface area contributed by atoms with Gasteiger partial charge in [0.2, 0.25) is 5.92 Å². The van der Waals surface area contributed by atoms with Crippen molar-refractivity contribution in [1.82, 2.24) is 14.6 Å². The van der Waals surface area contributed by atoms with Gasteiger partial charge in [-0.3, -0.25) is 4.79 Å². The van der Waals surface area contributed by atoms with E-state index in [1.54, 1.807) is 18.5 Å². The highest BCUT2D eigenvalue weighted by atomic mass is 19.3. The zero-order valence-corrected chi connectivity index (χ0v) is 11.7. The number of primary amides is 1. The molecule has 1 aliphatic rings. The van der Waals surface area contributed by atoms with Crippen molar-refractivity contribution in [3.05, 3.63) is 24.0 Å². The summed E-state index contributed by atoms with van der Waals surface area (Å²) in [6, 6.07) is 1.64. The average molecular weight is 307 g/mol. The standard InChI is InChI=1S/C14H15F2N5O/c15-14(16)4-1-9(2-5-14)7-18-11-3-6-21-13(20-11)10(8-19-21)12(17)22/h3,6-9H,1-2,4-5H2,(H2,17,22). The smallest absolute Gasteiger partial charge is 0.254 e. The largest absolute Gasteiger partial charge is 0.365 e. The molecule has 6 nitrogen and oxygen atoms in total. The number of rotatable bonds is 3. The molecule has 0 unspecified atom stereocenters. The number of amides is 1. The van der Waals surface area contributed by atoms with Crippen LogP contribution < -0.4 is 5.73 Å². The monoisotopic (exact) mass is 307 g/mol. The quantitative estimate of drug-likeness (QED) is 0.883. The topological polar surface area (TPSA) is 85.6 Å². The summed E-state index contributed by atoms with van der Waals surface area (Å²) in [4.78, 5) is 19.7. The van der Waals surface area contributed by atoms with Crippen LogP contribution in [0.5, 0.6) is 0 Å². The summed E-state index contributed by atoms with van der Waals surface area (Å²) in [5.74, 6) is -2.74. The van der Waals surface area contributed by atoms with E-state index in [4.69, 9.17) is 5.73 Å². The maximum atomic E-state index is 13.1. The molecule has 1 fully saturated rings. The number of nitrogens with zero attached hydrogens (tertiary/aromatic N) is 4. The van der Waals surface area contributed by atoms with E-state index in [2.05, 4.69) is 15.1 Å². The van der Waals surface area contributed by atoms with Gasteiger partial charge in [0.05, 0.1) is 6.20 Å². The van der Waals surface area contributed by atoms with Crippen LogP contribution in [0.2, 0.25) is 0 Å². The Kier molecular flexibility index (Phi) is 3.59. The lowest BCUT2D eigenvalue weighted by atomic mass is 9.88. The number of nitrogens with two attached hydrogens (primary N) is 1. The number of hydrogen-bond acceptors (Lipinski definition) is 4. The van der Waals surface area contributed by atoms with Gasteiger partial charge in [-0.25, -0.2) is 23.3 Å². The van der Waals surface area contributed by atoms with Gasteiger partial charge in [0, 0.05) is 31.3 Å². The second-order valence-electron chi connectivity index (χ2n) is 5.45. The molecule has 2 aromatic heterocycles. The van der Waals surface area contributed by atoms with Crippen molar-refractivity contribution in [3.8, 4) is 0 Å². The van der Waals surface area contributed by atoms with Crippen molar-refractivity contribution in [3.63, 3.8) is 0 Å². The zero-order valence-electron chi connectivity index (χ0n) is 11.7. The number of carbonyl (C=O) groups excluding carboxylic acids is 1. The fourth-order valence-corrected chi connectivity index (χ4v) is 2.50. The molecule has 116 valence electrons. The van der Waals surface area contributed by atoms with E-state index in [9.17, 15) is 13.6 Å². The van der Waals surface area contributed by atoms with Crippen molar-refractivity contribution in [1.29, 1.82) is 0 Å². The maximum Gasteiger partial charge on any atom is 0.254 e. The minimum atomic E-state index is -2.55. The van der Waals surface area contributed by atoms with Crippen molar-refractivity contribution < 1.29 is 13.6 Å². The van der Waals surface area contributed by atoms with Gasteiger partial charge in [0.25, 0.3) is 5.91 Å². The highest BCUT2D eigenvalue weighted by molar-refractivity contribution is 5.98. The molecule has 0 spiro atoms. The van der Waals surface area contributed by atoms with Crippen LogP contribution in [0.1, 0.15) is 36.0 Å². The summed E-state index contributed by atoms with van der Waals surface area (Å²) in [5.41, 5.74) is 5.80. The lowest BCUT2D eigenvalue weighted by Crippen LogP contribution is -2.25. The van der Waals surface area contributed by atoms with Gasteiger partial charge < -0.3 is 5.73 Å². The van der Waals surface area contributed by atoms with Crippen LogP contribution >= 0.6 is 0 Å².